The highest BCUT2D eigenvalue weighted by Gasteiger charge is 2.18. The predicted octanol–water partition coefficient (Wildman–Crippen LogP) is 3.82. The summed E-state index contributed by atoms with van der Waals surface area (Å²) in [6.45, 7) is 6.57. The van der Waals surface area contributed by atoms with Gasteiger partial charge in [0.05, 0.1) is 12.1 Å². The highest BCUT2D eigenvalue weighted by Crippen LogP contribution is 2.27. The van der Waals surface area contributed by atoms with Crippen molar-refractivity contribution < 1.29 is 4.74 Å². The quantitative estimate of drug-likeness (QED) is 0.380. The Morgan fingerprint density at radius 1 is 1.42 bits per heavy atom. The van der Waals surface area contributed by atoms with Crippen LogP contribution in [0, 0.1) is 5.92 Å². The van der Waals surface area contributed by atoms with E-state index < -0.39 is 0 Å². The number of anilines is 1. The number of nitrogens with zero attached hydrogens (tertiary/aromatic N) is 2. The molecule has 1 saturated heterocycles. The van der Waals surface area contributed by atoms with Crippen LogP contribution in [-0.2, 0) is 0 Å². The molecule has 0 spiro atoms. The van der Waals surface area contributed by atoms with E-state index in [1.165, 1.54) is 38.9 Å². The van der Waals surface area contributed by atoms with Gasteiger partial charge < -0.3 is 20.7 Å². The van der Waals surface area contributed by atoms with Crippen LogP contribution in [-0.4, -0.2) is 44.1 Å². The van der Waals surface area contributed by atoms with E-state index in [2.05, 4.69) is 22.1 Å². The number of guanidine groups is 1. The molecule has 2 rings (SSSR count). The molecule has 24 heavy (non-hydrogen) atoms. The number of benzene rings is 1. The van der Waals surface area contributed by atoms with Gasteiger partial charge in [0.2, 0.25) is 0 Å². The Bertz CT molecular complexity index is 533. The van der Waals surface area contributed by atoms with Crippen LogP contribution in [0.25, 0.3) is 0 Å². The van der Waals surface area contributed by atoms with E-state index in [-0.39, 0.29) is 24.0 Å². The molecule has 1 heterocycles. The predicted molar refractivity (Wildman–Crippen MR) is 113 cm³/mol. The largest absolute Gasteiger partial charge is 0.495 e. The lowest BCUT2D eigenvalue weighted by atomic mass is 9.97. The third-order valence-electron chi connectivity index (χ3n) is 4.19. The van der Waals surface area contributed by atoms with E-state index in [9.17, 15) is 0 Å². The van der Waals surface area contributed by atoms with Crippen molar-refractivity contribution in [3.8, 4) is 5.75 Å². The molecular weight excluding hydrogens is 439 g/mol. The number of hydrogen-bond donors (Lipinski definition) is 2. The van der Waals surface area contributed by atoms with Gasteiger partial charge in [0.1, 0.15) is 5.75 Å². The Morgan fingerprint density at radius 2 is 2.12 bits per heavy atom. The van der Waals surface area contributed by atoms with Crippen molar-refractivity contribution in [2.75, 3.05) is 38.6 Å². The number of rotatable bonds is 6. The molecule has 1 fully saturated rings. The lowest BCUT2D eigenvalue weighted by Gasteiger charge is -2.30. The summed E-state index contributed by atoms with van der Waals surface area (Å²) in [5, 5.41) is 3.63. The molecule has 0 unspecified atom stereocenters. The lowest BCUT2D eigenvalue weighted by molar-refractivity contribution is 0.188. The summed E-state index contributed by atoms with van der Waals surface area (Å²) >= 11 is 6.10. The van der Waals surface area contributed by atoms with E-state index in [0.717, 1.165) is 12.2 Å². The molecule has 3 N–H and O–H groups in total. The van der Waals surface area contributed by atoms with Crippen molar-refractivity contribution in [3.63, 3.8) is 0 Å². The SMILES string of the molecule is CCCN1CCC(CN=C(N)Nc2ccc(OC)c(Cl)c2)CC1.I. The van der Waals surface area contributed by atoms with Gasteiger partial charge >= 0.3 is 0 Å². The maximum Gasteiger partial charge on any atom is 0.193 e. The van der Waals surface area contributed by atoms with E-state index in [4.69, 9.17) is 22.1 Å². The van der Waals surface area contributed by atoms with Crippen LogP contribution >= 0.6 is 35.6 Å². The average Bonchev–Trinajstić information content (AvgIpc) is 2.55. The fourth-order valence-corrected chi connectivity index (χ4v) is 3.13. The third kappa shape index (κ3) is 6.64. The summed E-state index contributed by atoms with van der Waals surface area (Å²) in [6, 6.07) is 5.46. The standard InChI is InChI=1S/C17H27ClN4O.HI/c1-3-8-22-9-6-13(7-10-22)12-20-17(19)21-14-4-5-16(23-2)15(18)11-14;/h4-5,11,13H,3,6-10,12H2,1-2H3,(H3,19,20,21);1H. The van der Waals surface area contributed by atoms with Gasteiger partial charge in [-0.1, -0.05) is 18.5 Å². The fraction of sp³-hybridized carbons (Fsp3) is 0.588. The average molecular weight is 467 g/mol. The summed E-state index contributed by atoms with van der Waals surface area (Å²) in [4.78, 5) is 7.01. The Kier molecular flexibility index (Phi) is 9.76. The smallest absolute Gasteiger partial charge is 0.193 e. The Balaban J connectivity index is 0.00000288. The number of nitrogens with one attached hydrogen (secondary N) is 1. The number of likely N-dealkylation sites (tertiary alicyclic amines) is 1. The first-order valence-electron chi connectivity index (χ1n) is 8.25. The molecule has 0 aromatic heterocycles. The lowest BCUT2D eigenvalue weighted by Crippen LogP contribution is -2.35. The molecule has 0 radical (unpaired) electrons. The summed E-state index contributed by atoms with van der Waals surface area (Å²) < 4.78 is 5.13. The van der Waals surface area contributed by atoms with Crippen LogP contribution in [0.4, 0.5) is 5.69 Å². The van der Waals surface area contributed by atoms with E-state index >= 15 is 0 Å². The van der Waals surface area contributed by atoms with Crippen LogP contribution in [0.15, 0.2) is 23.2 Å². The number of nitrogens with two attached hydrogens (primary N) is 1. The molecule has 0 bridgehead atoms. The van der Waals surface area contributed by atoms with Crippen LogP contribution in [0.2, 0.25) is 5.02 Å². The van der Waals surface area contributed by atoms with Gasteiger partial charge in [0, 0.05) is 12.2 Å². The number of halogens is 2. The zero-order valence-electron chi connectivity index (χ0n) is 14.4. The minimum absolute atomic E-state index is 0. The third-order valence-corrected chi connectivity index (χ3v) is 4.49. The number of ether oxygens (including phenoxy) is 1. The second-order valence-corrected chi connectivity index (χ2v) is 6.39. The maximum atomic E-state index is 6.10. The minimum atomic E-state index is 0. The molecule has 5 nitrogen and oxygen atoms in total. The highest BCUT2D eigenvalue weighted by atomic mass is 127. The molecule has 0 amide bonds. The van der Waals surface area contributed by atoms with Crippen LogP contribution in [0.3, 0.4) is 0 Å². The van der Waals surface area contributed by atoms with Crippen molar-refractivity contribution in [1.29, 1.82) is 0 Å². The molecule has 1 aromatic carbocycles. The molecule has 0 aliphatic carbocycles. The maximum absolute atomic E-state index is 6.10. The van der Waals surface area contributed by atoms with Crippen LogP contribution in [0.5, 0.6) is 5.75 Å². The number of methoxy groups -OCH3 is 1. The van der Waals surface area contributed by atoms with Crippen molar-refractivity contribution in [3.05, 3.63) is 23.2 Å². The van der Waals surface area contributed by atoms with Gasteiger partial charge in [-0.2, -0.15) is 0 Å². The molecular formula is C17H28ClIN4O. The topological polar surface area (TPSA) is 62.9 Å². The summed E-state index contributed by atoms with van der Waals surface area (Å²) in [6.07, 6.45) is 3.63. The first-order chi connectivity index (χ1) is 11.1. The Hall–Kier alpha value is -0.730. The fourth-order valence-electron chi connectivity index (χ4n) is 2.87. The van der Waals surface area contributed by atoms with Gasteiger partial charge in [-0.25, -0.2) is 0 Å². The normalized spacial score (nSPS) is 16.5. The van der Waals surface area contributed by atoms with Gasteiger partial charge in [-0.15, -0.1) is 24.0 Å². The van der Waals surface area contributed by atoms with Gasteiger partial charge in [0.15, 0.2) is 5.96 Å². The molecule has 7 heteroatoms. The summed E-state index contributed by atoms with van der Waals surface area (Å²) in [5.41, 5.74) is 6.79. The zero-order chi connectivity index (χ0) is 16.7. The van der Waals surface area contributed by atoms with Gasteiger partial charge in [-0.3, -0.25) is 4.99 Å². The van der Waals surface area contributed by atoms with E-state index in [1.54, 1.807) is 19.2 Å². The van der Waals surface area contributed by atoms with Crippen molar-refractivity contribution in [1.82, 2.24) is 4.90 Å². The van der Waals surface area contributed by atoms with Crippen molar-refractivity contribution in [2.45, 2.75) is 26.2 Å². The number of hydrogen-bond acceptors (Lipinski definition) is 3. The molecule has 1 aliphatic rings. The van der Waals surface area contributed by atoms with Gasteiger partial charge in [-0.05, 0) is 63.0 Å². The highest BCUT2D eigenvalue weighted by molar-refractivity contribution is 14.0. The minimum Gasteiger partial charge on any atom is -0.495 e. The monoisotopic (exact) mass is 466 g/mol. The van der Waals surface area contributed by atoms with E-state index in [1.807, 2.05) is 6.07 Å². The molecule has 0 saturated carbocycles. The molecule has 0 atom stereocenters. The molecule has 136 valence electrons. The first kappa shape index (κ1) is 21.3. The van der Waals surface area contributed by atoms with Crippen molar-refractivity contribution in [2.24, 2.45) is 16.6 Å². The van der Waals surface area contributed by atoms with Gasteiger partial charge in [0.25, 0.3) is 0 Å². The first-order valence-corrected chi connectivity index (χ1v) is 8.63. The summed E-state index contributed by atoms with van der Waals surface area (Å²) in [5.74, 6) is 1.71. The molecule has 1 aromatic rings. The number of aliphatic imine (C=N–C) groups is 1. The second kappa shape index (κ2) is 11.0. The number of piperidine rings is 1. The van der Waals surface area contributed by atoms with E-state index in [0.29, 0.717) is 22.6 Å². The zero-order valence-corrected chi connectivity index (χ0v) is 17.5. The second-order valence-electron chi connectivity index (χ2n) is 5.99. The Morgan fingerprint density at radius 3 is 2.71 bits per heavy atom. The molecule has 1 aliphatic heterocycles. The van der Waals surface area contributed by atoms with Crippen LogP contribution in [0.1, 0.15) is 26.2 Å². The Labute approximate surface area is 167 Å². The summed E-state index contributed by atoms with van der Waals surface area (Å²) in [7, 11) is 1.59. The van der Waals surface area contributed by atoms with Crippen LogP contribution < -0.4 is 15.8 Å². The van der Waals surface area contributed by atoms with Crippen molar-refractivity contribution >= 4 is 47.2 Å².